The summed E-state index contributed by atoms with van der Waals surface area (Å²) in [4.78, 5) is 21.0. The van der Waals surface area contributed by atoms with E-state index in [1.165, 1.54) is 0 Å². The molecule has 0 aliphatic rings. The number of thiol groups is 1. The van der Waals surface area contributed by atoms with E-state index in [4.69, 9.17) is 0 Å². The molecule has 0 spiro atoms. The molecule has 0 fully saturated rings. The van der Waals surface area contributed by atoms with Crippen molar-refractivity contribution in [3.63, 3.8) is 0 Å². The van der Waals surface area contributed by atoms with Gasteiger partial charge in [0.15, 0.2) is 0 Å². The third-order valence-corrected chi connectivity index (χ3v) is 1.29. The highest BCUT2D eigenvalue weighted by Gasteiger charge is 2.00. The Hall–Kier alpha value is -0.710. The molecule has 0 aliphatic heterocycles. The van der Waals surface area contributed by atoms with Gasteiger partial charge in [-0.15, -0.1) is 0 Å². The zero-order chi connectivity index (χ0) is 9.40. The highest BCUT2D eigenvalue weighted by Crippen LogP contribution is 1.86. The van der Waals surface area contributed by atoms with Crippen molar-refractivity contribution in [1.29, 1.82) is 0 Å². The Balaban J connectivity index is 3.21. The molecule has 5 heteroatoms. The maximum absolute atomic E-state index is 10.5. The number of hydrogen-bond donors (Lipinski definition) is 1. The van der Waals surface area contributed by atoms with Crippen molar-refractivity contribution in [2.75, 3.05) is 19.0 Å². The van der Waals surface area contributed by atoms with Crippen LogP contribution in [0.15, 0.2) is 0 Å². The number of carbonyl (C=O) groups is 2. The van der Waals surface area contributed by atoms with Crippen molar-refractivity contribution >= 4 is 24.6 Å². The van der Waals surface area contributed by atoms with Gasteiger partial charge in [-0.2, -0.15) is 12.6 Å². The van der Waals surface area contributed by atoms with E-state index in [1.54, 1.807) is 6.92 Å². The standard InChI is InChI=1S/C7H12O4S/c1-2-6(8)10-3-4-11-7(9)5-12/h12H,2-5H2,1H3. The summed E-state index contributed by atoms with van der Waals surface area (Å²) in [6.45, 7) is 1.92. The first-order valence-electron chi connectivity index (χ1n) is 3.62. The highest BCUT2D eigenvalue weighted by atomic mass is 32.1. The number of rotatable bonds is 5. The summed E-state index contributed by atoms with van der Waals surface area (Å²) in [5.41, 5.74) is 0. The first kappa shape index (κ1) is 11.3. The van der Waals surface area contributed by atoms with Crippen LogP contribution in [-0.2, 0) is 19.1 Å². The summed E-state index contributed by atoms with van der Waals surface area (Å²) in [5, 5.41) is 0. The second-order valence-corrected chi connectivity index (χ2v) is 2.27. The van der Waals surface area contributed by atoms with Crippen LogP contribution in [0.4, 0.5) is 0 Å². The molecule has 0 aliphatic carbocycles. The van der Waals surface area contributed by atoms with Gasteiger partial charge in [0.2, 0.25) is 0 Å². The monoisotopic (exact) mass is 192 g/mol. The number of esters is 2. The van der Waals surface area contributed by atoms with Gasteiger partial charge in [-0.3, -0.25) is 9.59 Å². The van der Waals surface area contributed by atoms with Crippen molar-refractivity contribution in [3.8, 4) is 0 Å². The van der Waals surface area contributed by atoms with E-state index in [9.17, 15) is 9.59 Å². The van der Waals surface area contributed by atoms with Gasteiger partial charge >= 0.3 is 11.9 Å². The van der Waals surface area contributed by atoms with Gasteiger partial charge in [0.05, 0.1) is 5.75 Å². The maximum Gasteiger partial charge on any atom is 0.315 e. The van der Waals surface area contributed by atoms with Crippen LogP contribution in [0.1, 0.15) is 13.3 Å². The van der Waals surface area contributed by atoms with Gasteiger partial charge in [0, 0.05) is 6.42 Å². The molecule has 0 unspecified atom stereocenters. The molecule has 0 aromatic carbocycles. The van der Waals surface area contributed by atoms with Crippen molar-refractivity contribution in [1.82, 2.24) is 0 Å². The third kappa shape index (κ3) is 6.03. The molecule has 4 nitrogen and oxygen atoms in total. The van der Waals surface area contributed by atoms with E-state index in [0.29, 0.717) is 6.42 Å². The van der Waals surface area contributed by atoms with E-state index < -0.39 is 5.97 Å². The third-order valence-electron chi connectivity index (χ3n) is 1.03. The summed E-state index contributed by atoms with van der Waals surface area (Å²) in [5.74, 6) is -0.662. The van der Waals surface area contributed by atoms with Crippen molar-refractivity contribution in [2.24, 2.45) is 0 Å². The largest absolute Gasteiger partial charge is 0.462 e. The minimum Gasteiger partial charge on any atom is -0.462 e. The topological polar surface area (TPSA) is 52.6 Å². The van der Waals surface area contributed by atoms with E-state index >= 15 is 0 Å². The zero-order valence-corrected chi connectivity index (χ0v) is 7.80. The lowest BCUT2D eigenvalue weighted by atomic mass is 10.5. The van der Waals surface area contributed by atoms with E-state index in [1.807, 2.05) is 0 Å². The normalized spacial score (nSPS) is 9.17. The fourth-order valence-corrected chi connectivity index (χ4v) is 0.550. The Morgan fingerprint density at radius 3 is 2.08 bits per heavy atom. The van der Waals surface area contributed by atoms with E-state index in [2.05, 4.69) is 22.1 Å². The second-order valence-electron chi connectivity index (χ2n) is 1.95. The van der Waals surface area contributed by atoms with Crippen LogP contribution in [0.25, 0.3) is 0 Å². The van der Waals surface area contributed by atoms with Gasteiger partial charge in [-0.25, -0.2) is 0 Å². The van der Waals surface area contributed by atoms with E-state index in [0.717, 1.165) is 0 Å². The Morgan fingerprint density at radius 2 is 1.67 bits per heavy atom. The Kier molecular flexibility index (Phi) is 6.55. The minimum absolute atomic E-state index is 0.0434. The van der Waals surface area contributed by atoms with Gasteiger partial charge in [-0.05, 0) is 0 Å². The number of hydrogen-bond acceptors (Lipinski definition) is 5. The molecule has 0 aromatic heterocycles. The Labute approximate surface area is 76.6 Å². The summed E-state index contributed by atoms with van der Waals surface area (Å²) in [6.07, 6.45) is 0.334. The van der Waals surface area contributed by atoms with Crippen LogP contribution in [-0.4, -0.2) is 30.9 Å². The molecular formula is C7H12O4S. The van der Waals surface area contributed by atoms with Crippen molar-refractivity contribution < 1.29 is 19.1 Å². The summed E-state index contributed by atoms with van der Waals surface area (Å²) in [7, 11) is 0. The average Bonchev–Trinajstić information content (AvgIpc) is 2.11. The molecule has 0 rings (SSSR count). The quantitative estimate of drug-likeness (QED) is 0.389. The lowest BCUT2D eigenvalue weighted by molar-refractivity contribution is -0.150. The van der Waals surface area contributed by atoms with Crippen LogP contribution in [0.2, 0.25) is 0 Å². The molecule has 0 radical (unpaired) electrons. The van der Waals surface area contributed by atoms with E-state index in [-0.39, 0.29) is 24.9 Å². The van der Waals surface area contributed by atoms with Crippen LogP contribution < -0.4 is 0 Å². The molecule has 0 amide bonds. The molecule has 0 N–H and O–H groups in total. The van der Waals surface area contributed by atoms with Gasteiger partial charge in [-0.1, -0.05) is 6.92 Å². The molecule has 0 saturated carbocycles. The van der Waals surface area contributed by atoms with Crippen LogP contribution in [0.3, 0.4) is 0 Å². The van der Waals surface area contributed by atoms with Gasteiger partial charge < -0.3 is 9.47 Å². The fraction of sp³-hybridized carbons (Fsp3) is 0.714. The SMILES string of the molecule is CCC(=O)OCCOC(=O)CS. The molecule has 0 atom stereocenters. The molecular weight excluding hydrogens is 180 g/mol. The molecule has 0 saturated heterocycles. The molecule has 0 aromatic rings. The summed E-state index contributed by atoms with van der Waals surface area (Å²) < 4.78 is 9.24. The number of ether oxygens (including phenoxy) is 2. The smallest absolute Gasteiger partial charge is 0.315 e. The van der Waals surface area contributed by atoms with Gasteiger partial charge in [0.1, 0.15) is 13.2 Å². The Bertz CT molecular complexity index is 139. The van der Waals surface area contributed by atoms with Crippen molar-refractivity contribution in [3.05, 3.63) is 0 Å². The predicted molar refractivity (Wildman–Crippen MR) is 46.1 cm³/mol. The molecule has 70 valence electrons. The predicted octanol–water partition coefficient (Wildman–Crippen LogP) is 0.413. The molecule has 0 bridgehead atoms. The van der Waals surface area contributed by atoms with Crippen LogP contribution in [0, 0.1) is 0 Å². The van der Waals surface area contributed by atoms with Crippen LogP contribution in [0.5, 0.6) is 0 Å². The Morgan fingerprint density at radius 1 is 1.17 bits per heavy atom. The lowest BCUT2D eigenvalue weighted by Gasteiger charge is -2.03. The second kappa shape index (κ2) is 6.97. The lowest BCUT2D eigenvalue weighted by Crippen LogP contribution is -2.13. The highest BCUT2D eigenvalue weighted by molar-refractivity contribution is 7.81. The zero-order valence-electron chi connectivity index (χ0n) is 6.91. The molecule has 0 heterocycles. The first-order valence-corrected chi connectivity index (χ1v) is 4.26. The number of carbonyl (C=O) groups excluding carboxylic acids is 2. The first-order chi connectivity index (χ1) is 5.70. The van der Waals surface area contributed by atoms with Gasteiger partial charge in [0.25, 0.3) is 0 Å². The average molecular weight is 192 g/mol. The maximum atomic E-state index is 10.5. The summed E-state index contributed by atoms with van der Waals surface area (Å²) in [6, 6.07) is 0. The van der Waals surface area contributed by atoms with Crippen molar-refractivity contribution in [2.45, 2.75) is 13.3 Å². The summed E-state index contributed by atoms with van der Waals surface area (Å²) >= 11 is 3.69. The minimum atomic E-state index is -0.411. The fourth-order valence-electron chi connectivity index (χ4n) is 0.459. The molecule has 12 heavy (non-hydrogen) atoms. The van der Waals surface area contributed by atoms with Crippen LogP contribution >= 0.6 is 12.6 Å².